The summed E-state index contributed by atoms with van der Waals surface area (Å²) in [6.07, 6.45) is 0.262. The minimum Gasteiger partial charge on any atom is -0.458 e. The van der Waals surface area contributed by atoms with Gasteiger partial charge in [-0.25, -0.2) is 9.59 Å². The van der Waals surface area contributed by atoms with Crippen LogP contribution >= 0.6 is 0 Å². The molecular weight excluding hydrogens is 662 g/mol. The molecule has 286 valence electrons. The minimum absolute atomic E-state index is 0.0472. The van der Waals surface area contributed by atoms with Crippen molar-refractivity contribution in [2.75, 3.05) is 119 Å². The maximum Gasteiger partial charge on any atom is 0.407 e. The number of hydrogen-bond acceptors (Lipinski definition) is 12. The molecule has 1 amide bonds. The zero-order valence-electron chi connectivity index (χ0n) is 30.5. The highest BCUT2D eigenvalue weighted by molar-refractivity contribution is 5.79. The van der Waals surface area contributed by atoms with Crippen LogP contribution in [0.15, 0.2) is 48.5 Å². The van der Waals surface area contributed by atoms with Crippen molar-refractivity contribution in [1.82, 2.24) is 5.32 Å². The van der Waals surface area contributed by atoms with Gasteiger partial charge in [0.2, 0.25) is 0 Å². The number of amides is 1. The largest absolute Gasteiger partial charge is 0.458 e. The highest BCUT2D eigenvalue weighted by atomic mass is 16.6. The summed E-state index contributed by atoms with van der Waals surface area (Å²) in [5, 5.41) is 2.80. The molecule has 1 aliphatic rings. The van der Waals surface area contributed by atoms with Gasteiger partial charge in [0.05, 0.1) is 92.5 Å². The first-order chi connectivity index (χ1) is 24.8. The lowest BCUT2D eigenvalue weighted by molar-refractivity contribution is -0.160. The molecule has 13 nitrogen and oxygen atoms in total. The first kappa shape index (κ1) is 42.3. The van der Waals surface area contributed by atoms with E-state index in [1.54, 1.807) is 0 Å². The average molecular weight is 720 g/mol. The van der Waals surface area contributed by atoms with E-state index in [0.29, 0.717) is 119 Å². The van der Waals surface area contributed by atoms with Crippen molar-refractivity contribution >= 4 is 12.1 Å². The van der Waals surface area contributed by atoms with Crippen LogP contribution in [0.25, 0.3) is 11.1 Å². The monoisotopic (exact) mass is 719 g/mol. The van der Waals surface area contributed by atoms with Gasteiger partial charge in [0.1, 0.15) is 18.8 Å². The summed E-state index contributed by atoms with van der Waals surface area (Å²) in [5.41, 5.74) is 4.28. The zero-order chi connectivity index (χ0) is 36.4. The van der Waals surface area contributed by atoms with Gasteiger partial charge in [-0.2, -0.15) is 0 Å². The highest BCUT2D eigenvalue weighted by Gasteiger charge is 2.29. The van der Waals surface area contributed by atoms with Crippen LogP contribution < -0.4 is 5.32 Å². The van der Waals surface area contributed by atoms with Gasteiger partial charge < -0.3 is 52.7 Å². The Bertz CT molecular complexity index is 1190. The third kappa shape index (κ3) is 18.8. The van der Waals surface area contributed by atoms with Gasteiger partial charge in [0.15, 0.2) is 0 Å². The van der Waals surface area contributed by atoms with E-state index < -0.39 is 11.7 Å². The summed E-state index contributed by atoms with van der Waals surface area (Å²) in [4.78, 5) is 23.8. The number of rotatable bonds is 29. The lowest BCUT2D eigenvalue weighted by Crippen LogP contribution is -2.27. The van der Waals surface area contributed by atoms with Crippen LogP contribution in [0.1, 0.15) is 44.2 Å². The van der Waals surface area contributed by atoms with E-state index in [2.05, 4.69) is 29.6 Å². The van der Waals surface area contributed by atoms with Crippen molar-refractivity contribution in [2.45, 2.75) is 38.7 Å². The molecule has 1 N–H and O–H groups in total. The molecule has 0 radical (unpaired) electrons. The predicted octanol–water partition coefficient (Wildman–Crippen LogP) is 4.39. The van der Waals surface area contributed by atoms with Crippen LogP contribution in [0.2, 0.25) is 0 Å². The molecule has 0 spiro atoms. The van der Waals surface area contributed by atoms with E-state index >= 15 is 0 Å². The molecule has 0 aliphatic heterocycles. The Labute approximate surface area is 302 Å². The van der Waals surface area contributed by atoms with Gasteiger partial charge in [-0.3, -0.25) is 0 Å². The number of alkyl carbamates (subject to hydrolysis) is 1. The zero-order valence-corrected chi connectivity index (χ0v) is 30.5. The molecule has 0 fully saturated rings. The lowest BCUT2D eigenvalue weighted by Gasteiger charge is -2.19. The molecule has 0 saturated carbocycles. The fourth-order valence-corrected chi connectivity index (χ4v) is 5.08. The molecule has 0 unspecified atom stereocenters. The van der Waals surface area contributed by atoms with Crippen LogP contribution in [0.3, 0.4) is 0 Å². The maximum atomic E-state index is 12.3. The van der Waals surface area contributed by atoms with Crippen LogP contribution in [-0.2, 0) is 52.2 Å². The molecule has 13 heteroatoms. The molecule has 3 rings (SSSR count). The number of hydrogen-bond donors (Lipinski definition) is 1. The standard InChI is InChI=1S/C38H57NO12/c1-38(2,3)51-36(40)30-49-28-27-48-26-25-47-24-23-46-22-21-45-20-19-44-18-17-43-16-15-42-14-8-13-39-37(41)50-29-35-33-11-6-4-9-31(33)32-10-5-7-12-34(32)35/h4-7,9-12,35H,8,13-30H2,1-3H3,(H,39,41). The summed E-state index contributed by atoms with van der Waals surface area (Å²) in [5.74, 6) is -0.343. The average Bonchev–Trinajstić information content (AvgIpc) is 3.43. The molecule has 0 heterocycles. The molecule has 0 bridgehead atoms. The lowest BCUT2D eigenvalue weighted by atomic mass is 9.98. The number of nitrogens with one attached hydrogen (secondary N) is 1. The maximum absolute atomic E-state index is 12.3. The molecule has 1 aliphatic carbocycles. The fraction of sp³-hybridized carbons (Fsp3) is 0.632. The first-order valence-electron chi connectivity index (χ1n) is 17.8. The molecule has 0 saturated heterocycles. The van der Waals surface area contributed by atoms with Crippen molar-refractivity contribution in [1.29, 1.82) is 0 Å². The molecular formula is C38H57NO12. The van der Waals surface area contributed by atoms with Gasteiger partial charge in [0, 0.05) is 19.1 Å². The molecule has 0 aromatic heterocycles. The molecule has 2 aromatic rings. The van der Waals surface area contributed by atoms with Crippen molar-refractivity contribution in [3.05, 3.63) is 59.7 Å². The van der Waals surface area contributed by atoms with Gasteiger partial charge >= 0.3 is 12.1 Å². The van der Waals surface area contributed by atoms with E-state index in [1.807, 2.05) is 45.0 Å². The van der Waals surface area contributed by atoms with E-state index in [1.165, 1.54) is 22.3 Å². The molecule has 2 aromatic carbocycles. The van der Waals surface area contributed by atoms with Crippen molar-refractivity contribution in [3.8, 4) is 11.1 Å². The Morgan fingerprint density at radius 2 is 0.961 bits per heavy atom. The Hall–Kier alpha value is -3.14. The minimum atomic E-state index is -0.515. The van der Waals surface area contributed by atoms with Gasteiger partial charge in [-0.1, -0.05) is 48.5 Å². The van der Waals surface area contributed by atoms with Crippen LogP contribution in [0.4, 0.5) is 4.79 Å². The van der Waals surface area contributed by atoms with E-state index in [4.69, 9.17) is 47.4 Å². The first-order valence-corrected chi connectivity index (χ1v) is 17.8. The third-order valence-corrected chi connectivity index (χ3v) is 7.32. The summed E-state index contributed by atoms with van der Waals surface area (Å²) in [7, 11) is 0. The number of esters is 1. The number of fused-ring (bicyclic) bond motifs is 3. The Balaban J connectivity index is 0.980. The SMILES string of the molecule is CC(C)(C)OC(=O)COCCOCCOCCOCCOCCOCCOCCOCCCNC(=O)OCC1c2ccccc2-c2ccccc21. The Morgan fingerprint density at radius 3 is 1.39 bits per heavy atom. The van der Waals surface area contributed by atoms with E-state index in [0.717, 1.165) is 0 Å². The van der Waals surface area contributed by atoms with Gasteiger partial charge in [-0.15, -0.1) is 0 Å². The smallest absolute Gasteiger partial charge is 0.407 e. The van der Waals surface area contributed by atoms with Crippen LogP contribution in [-0.4, -0.2) is 137 Å². The van der Waals surface area contributed by atoms with Crippen LogP contribution in [0, 0.1) is 0 Å². The number of carbonyl (C=O) groups is 2. The van der Waals surface area contributed by atoms with E-state index in [9.17, 15) is 9.59 Å². The number of benzene rings is 2. The highest BCUT2D eigenvalue weighted by Crippen LogP contribution is 2.44. The Morgan fingerprint density at radius 1 is 0.569 bits per heavy atom. The summed E-state index contributed by atoms with van der Waals surface area (Å²) in [6.45, 7) is 13.0. The second-order valence-electron chi connectivity index (χ2n) is 12.5. The number of ether oxygens (including phenoxy) is 10. The molecule has 0 atom stereocenters. The third-order valence-electron chi connectivity index (χ3n) is 7.32. The van der Waals surface area contributed by atoms with Gasteiger partial charge in [-0.05, 0) is 49.4 Å². The second-order valence-corrected chi connectivity index (χ2v) is 12.5. The van der Waals surface area contributed by atoms with Crippen molar-refractivity contribution < 1.29 is 57.0 Å². The molecule has 51 heavy (non-hydrogen) atoms. The van der Waals surface area contributed by atoms with Crippen molar-refractivity contribution in [2.24, 2.45) is 0 Å². The summed E-state index contributed by atoms with van der Waals surface area (Å²) in [6, 6.07) is 16.5. The topological polar surface area (TPSA) is 138 Å². The summed E-state index contributed by atoms with van der Waals surface area (Å²) >= 11 is 0. The summed E-state index contributed by atoms with van der Waals surface area (Å²) < 4.78 is 54.3. The number of carbonyl (C=O) groups excluding carboxylic acids is 2. The van der Waals surface area contributed by atoms with E-state index in [-0.39, 0.29) is 18.5 Å². The second kappa shape index (κ2) is 25.8. The van der Waals surface area contributed by atoms with Crippen molar-refractivity contribution in [3.63, 3.8) is 0 Å². The predicted molar refractivity (Wildman–Crippen MR) is 190 cm³/mol. The quantitative estimate of drug-likeness (QED) is 0.0943. The Kier molecular flexibility index (Phi) is 21.3. The van der Waals surface area contributed by atoms with Crippen LogP contribution in [0.5, 0.6) is 0 Å². The normalized spacial score (nSPS) is 12.5. The fourth-order valence-electron chi connectivity index (χ4n) is 5.08. The van der Waals surface area contributed by atoms with Gasteiger partial charge in [0.25, 0.3) is 0 Å².